The minimum atomic E-state index is 0.122. The molecule has 0 bridgehead atoms. The maximum atomic E-state index is 8.90. The highest BCUT2D eigenvalue weighted by Crippen LogP contribution is 2.15. The Morgan fingerprint density at radius 2 is 2.10 bits per heavy atom. The van der Waals surface area contributed by atoms with Crippen molar-refractivity contribution in [2.24, 2.45) is 0 Å². The molecule has 1 heterocycles. The molecule has 0 radical (unpaired) electrons. The first kappa shape index (κ1) is 15.0. The van der Waals surface area contributed by atoms with Gasteiger partial charge in [0.15, 0.2) is 0 Å². The van der Waals surface area contributed by atoms with Gasteiger partial charge in [0.05, 0.1) is 24.8 Å². The maximum absolute atomic E-state index is 8.90. The monoisotopic (exact) mass is 273 g/mol. The van der Waals surface area contributed by atoms with Crippen molar-refractivity contribution in [3.05, 3.63) is 35.4 Å². The molecule has 1 N–H and O–H groups in total. The Morgan fingerprint density at radius 3 is 2.80 bits per heavy atom. The summed E-state index contributed by atoms with van der Waals surface area (Å²) >= 11 is 0. The predicted molar refractivity (Wildman–Crippen MR) is 79.3 cm³/mol. The number of ether oxygens (including phenoxy) is 1. The van der Waals surface area contributed by atoms with E-state index in [9.17, 15) is 0 Å². The van der Waals surface area contributed by atoms with E-state index in [1.807, 2.05) is 18.2 Å². The van der Waals surface area contributed by atoms with E-state index in [1.54, 1.807) is 0 Å². The highest BCUT2D eigenvalue weighted by Gasteiger charge is 2.27. The van der Waals surface area contributed by atoms with Crippen molar-refractivity contribution < 1.29 is 4.74 Å². The van der Waals surface area contributed by atoms with Crippen LogP contribution in [0.2, 0.25) is 0 Å². The number of nitrogens with one attached hydrogen (secondary N) is 1. The van der Waals surface area contributed by atoms with Crippen LogP contribution in [0.4, 0.5) is 0 Å². The third kappa shape index (κ3) is 4.04. The van der Waals surface area contributed by atoms with Crippen LogP contribution in [0.3, 0.4) is 0 Å². The zero-order valence-electron chi connectivity index (χ0n) is 12.4. The molecule has 108 valence electrons. The number of hydrogen-bond donors (Lipinski definition) is 1. The Balaban J connectivity index is 1.83. The Hall–Kier alpha value is -1.41. The van der Waals surface area contributed by atoms with Crippen molar-refractivity contribution in [2.45, 2.75) is 25.9 Å². The summed E-state index contributed by atoms with van der Waals surface area (Å²) in [5.74, 6) is 0. The van der Waals surface area contributed by atoms with Gasteiger partial charge < -0.3 is 10.1 Å². The van der Waals surface area contributed by atoms with Gasteiger partial charge in [-0.2, -0.15) is 5.26 Å². The first-order valence-electron chi connectivity index (χ1n) is 7.14. The fraction of sp³-hybridized carbons (Fsp3) is 0.562. The van der Waals surface area contributed by atoms with Crippen LogP contribution >= 0.6 is 0 Å². The Kier molecular flexibility index (Phi) is 5.13. The molecule has 1 fully saturated rings. The van der Waals surface area contributed by atoms with Gasteiger partial charge in [-0.15, -0.1) is 0 Å². The van der Waals surface area contributed by atoms with Gasteiger partial charge in [-0.1, -0.05) is 12.1 Å². The molecule has 0 unspecified atom stereocenters. The van der Waals surface area contributed by atoms with E-state index in [0.29, 0.717) is 0 Å². The molecule has 0 saturated carbocycles. The zero-order valence-corrected chi connectivity index (χ0v) is 12.4. The molecule has 1 aliphatic heterocycles. The molecule has 0 spiro atoms. The summed E-state index contributed by atoms with van der Waals surface area (Å²) in [5.41, 5.74) is 2.00. The van der Waals surface area contributed by atoms with Gasteiger partial charge in [0.25, 0.3) is 0 Å². The predicted octanol–water partition coefficient (Wildman–Crippen LogP) is 1.76. The highest BCUT2D eigenvalue weighted by atomic mass is 16.5. The van der Waals surface area contributed by atoms with Crippen molar-refractivity contribution in [3.63, 3.8) is 0 Å². The van der Waals surface area contributed by atoms with E-state index in [2.05, 4.69) is 36.2 Å². The average molecular weight is 273 g/mol. The fourth-order valence-corrected chi connectivity index (χ4v) is 2.54. The van der Waals surface area contributed by atoms with Crippen molar-refractivity contribution in [2.75, 3.05) is 32.8 Å². The molecule has 0 atom stereocenters. The molecule has 20 heavy (non-hydrogen) atoms. The number of nitriles is 1. The van der Waals surface area contributed by atoms with Crippen molar-refractivity contribution in [1.29, 1.82) is 5.26 Å². The van der Waals surface area contributed by atoms with Gasteiger partial charge in [-0.3, -0.25) is 4.90 Å². The normalized spacial score (nSPS) is 16.9. The molecule has 1 aliphatic rings. The molecule has 4 heteroatoms. The molecule has 0 amide bonds. The second-order valence-corrected chi connectivity index (χ2v) is 5.83. The maximum Gasteiger partial charge on any atom is 0.0991 e. The summed E-state index contributed by atoms with van der Waals surface area (Å²) in [5, 5.41) is 12.4. The second-order valence-electron chi connectivity index (χ2n) is 5.83. The van der Waals surface area contributed by atoms with Gasteiger partial charge in [-0.25, -0.2) is 0 Å². The SMILES string of the molecule is CC(C)(CNCc1cccc(C#N)c1)N1CCOCC1. The topological polar surface area (TPSA) is 48.3 Å². The quantitative estimate of drug-likeness (QED) is 0.888. The zero-order chi connectivity index (χ0) is 14.4. The minimum absolute atomic E-state index is 0.122. The van der Waals surface area contributed by atoms with Crippen LogP contribution in [-0.2, 0) is 11.3 Å². The first-order chi connectivity index (χ1) is 9.62. The largest absolute Gasteiger partial charge is 0.379 e. The molecule has 0 aliphatic carbocycles. The van der Waals surface area contributed by atoms with E-state index in [-0.39, 0.29) is 5.54 Å². The van der Waals surface area contributed by atoms with Crippen molar-refractivity contribution in [1.82, 2.24) is 10.2 Å². The third-order valence-corrected chi connectivity index (χ3v) is 3.81. The average Bonchev–Trinajstić information content (AvgIpc) is 2.48. The number of morpholine rings is 1. The fourth-order valence-electron chi connectivity index (χ4n) is 2.54. The molecule has 1 aromatic rings. The van der Waals surface area contributed by atoms with E-state index in [4.69, 9.17) is 10.00 Å². The molecule has 0 aromatic heterocycles. The van der Waals surface area contributed by atoms with E-state index in [1.165, 1.54) is 0 Å². The van der Waals surface area contributed by atoms with Crippen LogP contribution in [0, 0.1) is 11.3 Å². The van der Waals surface area contributed by atoms with Crippen LogP contribution in [0.1, 0.15) is 25.0 Å². The van der Waals surface area contributed by atoms with Gasteiger partial charge in [0.2, 0.25) is 0 Å². The molecule has 1 saturated heterocycles. The third-order valence-electron chi connectivity index (χ3n) is 3.81. The number of nitrogens with zero attached hydrogens (tertiary/aromatic N) is 2. The van der Waals surface area contributed by atoms with Crippen LogP contribution in [-0.4, -0.2) is 43.3 Å². The molecular formula is C16H23N3O. The lowest BCUT2D eigenvalue weighted by atomic mass is 10.0. The van der Waals surface area contributed by atoms with Crippen LogP contribution < -0.4 is 5.32 Å². The summed E-state index contributed by atoms with van der Waals surface area (Å²) < 4.78 is 5.40. The van der Waals surface area contributed by atoms with Crippen molar-refractivity contribution in [3.8, 4) is 6.07 Å². The summed E-state index contributed by atoms with van der Waals surface area (Å²) in [4.78, 5) is 2.47. The Bertz CT molecular complexity index is 473. The summed E-state index contributed by atoms with van der Waals surface area (Å²) in [6.07, 6.45) is 0. The van der Waals surface area contributed by atoms with E-state index in [0.717, 1.165) is 50.5 Å². The highest BCUT2D eigenvalue weighted by molar-refractivity contribution is 5.32. The van der Waals surface area contributed by atoms with Gasteiger partial charge in [-0.05, 0) is 31.5 Å². The molecular weight excluding hydrogens is 250 g/mol. The van der Waals surface area contributed by atoms with E-state index < -0.39 is 0 Å². The Morgan fingerprint density at radius 1 is 1.35 bits per heavy atom. The molecule has 4 nitrogen and oxygen atoms in total. The number of rotatable bonds is 5. The van der Waals surface area contributed by atoms with Crippen LogP contribution in [0.5, 0.6) is 0 Å². The second kappa shape index (κ2) is 6.85. The standard InChI is InChI=1S/C16H23N3O/c1-16(2,19-6-8-20-9-7-19)13-18-12-15-5-3-4-14(10-15)11-17/h3-5,10,18H,6-9,12-13H2,1-2H3. The number of hydrogen-bond acceptors (Lipinski definition) is 4. The Labute approximate surface area is 121 Å². The lowest BCUT2D eigenvalue weighted by molar-refractivity contribution is -0.00966. The smallest absolute Gasteiger partial charge is 0.0991 e. The summed E-state index contributed by atoms with van der Waals surface area (Å²) in [7, 11) is 0. The minimum Gasteiger partial charge on any atom is -0.379 e. The molecule has 1 aromatic carbocycles. The van der Waals surface area contributed by atoms with Crippen LogP contribution in [0.15, 0.2) is 24.3 Å². The van der Waals surface area contributed by atoms with Gasteiger partial charge in [0.1, 0.15) is 0 Å². The summed E-state index contributed by atoms with van der Waals surface area (Å²) in [6, 6.07) is 9.93. The van der Waals surface area contributed by atoms with Crippen molar-refractivity contribution >= 4 is 0 Å². The summed E-state index contributed by atoms with van der Waals surface area (Å²) in [6.45, 7) is 9.89. The lowest BCUT2D eigenvalue weighted by Crippen LogP contribution is -2.54. The van der Waals surface area contributed by atoms with Crippen LogP contribution in [0.25, 0.3) is 0 Å². The van der Waals surface area contributed by atoms with Gasteiger partial charge >= 0.3 is 0 Å². The molecule has 2 rings (SSSR count). The van der Waals surface area contributed by atoms with Gasteiger partial charge in [0, 0.05) is 31.7 Å². The van der Waals surface area contributed by atoms with E-state index >= 15 is 0 Å². The first-order valence-corrected chi connectivity index (χ1v) is 7.14. The number of benzene rings is 1. The lowest BCUT2D eigenvalue weighted by Gasteiger charge is -2.41.